The van der Waals surface area contributed by atoms with Crippen LogP contribution in [0.3, 0.4) is 0 Å². The van der Waals surface area contributed by atoms with Gasteiger partial charge >= 0.3 is 5.97 Å². The highest BCUT2D eigenvalue weighted by Gasteiger charge is 2.64. The SMILES string of the molecule is CCOC(=O)CCCCOCC(C)(C)C1(O)C(c2cccc(OC)c2)OCC1(C)C.COc1cccc(C2OCC(C)(C)C2(O)C(C)(C)CO)c1. The molecule has 10 nitrogen and oxygen atoms in total. The van der Waals surface area contributed by atoms with Gasteiger partial charge in [0.2, 0.25) is 0 Å². The second-order valence-corrected chi connectivity index (χ2v) is 16.5. The molecule has 0 radical (unpaired) electrons. The minimum atomic E-state index is -1.18. The van der Waals surface area contributed by atoms with Crippen molar-refractivity contribution >= 4 is 5.97 Å². The molecule has 2 fully saturated rings. The summed E-state index contributed by atoms with van der Waals surface area (Å²) in [4.78, 5) is 11.4. The van der Waals surface area contributed by atoms with Crippen LogP contribution in [0.25, 0.3) is 0 Å². The van der Waals surface area contributed by atoms with Crippen LogP contribution in [0.2, 0.25) is 0 Å². The van der Waals surface area contributed by atoms with Crippen LogP contribution in [0, 0.1) is 21.7 Å². The van der Waals surface area contributed by atoms with Crippen LogP contribution in [0.5, 0.6) is 11.5 Å². The lowest BCUT2D eigenvalue weighted by Crippen LogP contribution is -2.57. The van der Waals surface area contributed by atoms with E-state index in [2.05, 4.69) is 0 Å². The zero-order chi connectivity index (χ0) is 38.3. The molecule has 288 valence electrons. The van der Waals surface area contributed by atoms with Gasteiger partial charge in [-0.15, -0.1) is 0 Å². The summed E-state index contributed by atoms with van der Waals surface area (Å²) >= 11 is 0. The number of esters is 1. The molecule has 3 N–H and O–H groups in total. The van der Waals surface area contributed by atoms with Gasteiger partial charge in [-0.3, -0.25) is 4.79 Å². The van der Waals surface area contributed by atoms with E-state index in [1.165, 1.54) is 0 Å². The molecule has 51 heavy (non-hydrogen) atoms. The Morgan fingerprint density at radius 1 is 0.804 bits per heavy atom. The minimum Gasteiger partial charge on any atom is -0.497 e. The average molecular weight is 717 g/mol. The van der Waals surface area contributed by atoms with Crippen molar-refractivity contribution in [3.8, 4) is 11.5 Å². The Hall–Kier alpha value is -2.73. The van der Waals surface area contributed by atoms with E-state index in [0.29, 0.717) is 39.5 Å². The van der Waals surface area contributed by atoms with Crippen LogP contribution >= 0.6 is 0 Å². The minimum absolute atomic E-state index is 0.114. The number of benzene rings is 2. The monoisotopic (exact) mass is 716 g/mol. The molecule has 0 spiro atoms. The molecular formula is C41H64O10. The first kappa shape index (κ1) is 42.7. The Balaban J connectivity index is 0.000000293. The summed E-state index contributed by atoms with van der Waals surface area (Å²) in [7, 11) is 3.24. The zero-order valence-corrected chi connectivity index (χ0v) is 32.8. The number of hydrogen-bond donors (Lipinski definition) is 3. The van der Waals surface area contributed by atoms with Crippen molar-refractivity contribution in [1.82, 2.24) is 0 Å². The van der Waals surface area contributed by atoms with Crippen LogP contribution < -0.4 is 9.47 Å². The van der Waals surface area contributed by atoms with E-state index in [0.717, 1.165) is 35.5 Å². The van der Waals surface area contributed by atoms with Crippen molar-refractivity contribution in [2.75, 3.05) is 53.9 Å². The van der Waals surface area contributed by atoms with E-state index in [-0.39, 0.29) is 12.6 Å². The number of aliphatic hydroxyl groups is 3. The summed E-state index contributed by atoms with van der Waals surface area (Å²) in [6.07, 6.45) is 0.926. The van der Waals surface area contributed by atoms with Gasteiger partial charge in [0, 0.05) is 34.7 Å². The predicted molar refractivity (Wildman–Crippen MR) is 197 cm³/mol. The van der Waals surface area contributed by atoms with E-state index >= 15 is 0 Å². The maximum absolute atomic E-state index is 12.1. The van der Waals surface area contributed by atoms with E-state index in [1.54, 1.807) is 21.1 Å². The maximum atomic E-state index is 12.1. The molecule has 4 unspecified atom stereocenters. The van der Waals surface area contributed by atoms with Crippen molar-refractivity contribution in [1.29, 1.82) is 0 Å². The Kier molecular flexibility index (Phi) is 14.2. The van der Waals surface area contributed by atoms with Gasteiger partial charge in [0.1, 0.15) is 34.9 Å². The molecule has 10 heteroatoms. The van der Waals surface area contributed by atoms with Crippen molar-refractivity contribution in [3.63, 3.8) is 0 Å². The lowest BCUT2D eigenvalue weighted by Gasteiger charge is -2.49. The number of rotatable bonds is 15. The molecule has 2 aromatic carbocycles. The number of carbonyl (C=O) groups is 1. The highest BCUT2D eigenvalue weighted by atomic mass is 16.5. The largest absolute Gasteiger partial charge is 0.497 e. The normalized spacial score (nSPS) is 25.5. The summed E-state index contributed by atoms with van der Waals surface area (Å²) in [6, 6.07) is 15.2. The molecule has 0 aromatic heterocycles. The Morgan fingerprint density at radius 3 is 1.71 bits per heavy atom. The summed E-state index contributed by atoms with van der Waals surface area (Å²) < 4.78 is 33.6. The van der Waals surface area contributed by atoms with Gasteiger partial charge in [0.25, 0.3) is 0 Å². The van der Waals surface area contributed by atoms with Gasteiger partial charge in [-0.25, -0.2) is 0 Å². The standard InChI is InChI=1S/C24H38O6.C17H26O4/c1-7-29-20(25)13-8-9-14-28-16-22(2,3)24(26)21(30-17-23(24,4)5)18-11-10-12-19(15-18)27-6;1-15(2,10-18)17(19)14(21-11-16(17,3)4)12-7-6-8-13(9-12)20-5/h10-12,15,21,26H,7-9,13-14,16-17H2,1-6H3;6-9,14,18-19H,10-11H2,1-5H3. The van der Waals surface area contributed by atoms with Crippen molar-refractivity contribution in [3.05, 3.63) is 59.7 Å². The highest BCUT2D eigenvalue weighted by Crippen LogP contribution is 2.59. The molecular weight excluding hydrogens is 652 g/mol. The van der Waals surface area contributed by atoms with E-state index in [4.69, 9.17) is 28.4 Å². The van der Waals surface area contributed by atoms with Crippen molar-refractivity contribution in [2.45, 2.75) is 105 Å². The zero-order valence-electron chi connectivity index (χ0n) is 32.8. The molecule has 2 aromatic rings. The lowest BCUT2D eigenvalue weighted by molar-refractivity contribution is -0.177. The maximum Gasteiger partial charge on any atom is 0.305 e. The van der Waals surface area contributed by atoms with Crippen LogP contribution in [-0.2, 0) is 23.7 Å². The predicted octanol–water partition coefficient (Wildman–Crippen LogP) is 6.84. The van der Waals surface area contributed by atoms with Crippen LogP contribution in [0.4, 0.5) is 0 Å². The molecule has 2 aliphatic rings. The Labute approximate surface area is 305 Å². The van der Waals surface area contributed by atoms with Gasteiger partial charge in [-0.1, -0.05) is 79.7 Å². The molecule has 4 rings (SSSR count). The fraction of sp³-hybridized carbons (Fsp3) is 0.683. The van der Waals surface area contributed by atoms with Crippen LogP contribution in [0.15, 0.2) is 48.5 Å². The second kappa shape index (κ2) is 16.9. The van der Waals surface area contributed by atoms with E-state index < -0.39 is 45.1 Å². The topological polar surface area (TPSA) is 133 Å². The van der Waals surface area contributed by atoms with Gasteiger partial charge < -0.3 is 43.7 Å². The van der Waals surface area contributed by atoms with Crippen molar-refractivity contribution < 1.29 is 48.5 Å². The molecule has 2 saturated heterocycles. The van der Waals surface area contributed by atoms with E-state index in [9.17, 15) is 20.1 Å². The molecule has 2 heterocycles. The highest BCUT2D eigenvalue weighted by molar-refractivity contribution is 5.69. The van der Waals surface area contributed by atoms with Gasteiger partial charge in [0.05, 0.1) is 47.3 Å². The average Bonchev–Trinajstić information content (AvgIpc) is 3.50. The molecule has 0 amide bonds. The number of hydrogen-bond acceptors (Lipinski definition) is 10. The van der Waals surface area contributed by atoms with Gasteiger partial charge in [-0.2, -0.15) is 0 Å². The first-order chi connectivity index (χ1) is 23.8. The first-order valence-corrected chi connectivity index (χ1v) is 18.1. The van der Waals surface area contributed by atoms with E-state index in [1.807, 2.05) is 104 Å². The smallest absolute Gasteiger partial charge is 0.305 e. The van der Waals surface area contributed by atoms with Crippen molar-refractivity contribution in [2.24, 2.45) is 21.7 Å². The summed E-state index contributed by atoms with van der Waals surface area (Å²) in [5.74, 6) is 1.29. The van der Waals surface area contributed by atoms with Crippen LogP contribution in [0.1, 0.15) is 105 Å². The van der Waals surface area contributed by atoms with Gasteiger partial charge in [0.15, 0.2) is 0 Å². The summed E-state index contributed by atoms with van der Waals surface area (Å²) in [6.45, 7) is 19.7. The molecule has 0 aliphatic carbocycles. The first-order valence-electron chi connectivity index (χ1n) is 18.1. The number of ether oxygens (including phenoxy) is 6. The molecule has 2 aliphatic heterocycles. The second-order valence-electron chi connectivity index (χ2n) is 16.5. The fourth-order valence-electron chi connectivity index (χ4n) is 7.84. The Morgan fingerprint density at radius 2 is 1.27 bits per heavy atom. The van der Waals surface area contributed by atoms with Gasteiger partial charge in [-0.05, 0) is 55.2 Å². The third-order valence-corrected chi connectivity index (χ3v) is 11.0. The number of methoxy groups -OCH3 is 2. The fourth-order valence-corrected chi connectivity index (χ4v) is 7.84. The van der Waals surface area contributed by atoms with Crippen LogP contribution in [-0.4, -0.2) is 86.4 Å². The molecule has 4 atom stereocenters. The summed E-state index contributed by atoms with van der Waals surface area (Å²) in [5, 5.41) is 33.3. The summed E-state index contributed by atoms with van der Waals surface area (Å²) in [5.41, 5.74) is -2.75. The number of carbonyl (C=O) groups excluding carboxylic acids is 1. The lowest BCUT2D eigenvalue weighted by atomic mass is 9.59. The number of unbranched alkanes of at least 4 members (excludes halogenated alkanes) is 1. The quantitative estimate of drug-likeness (QED) is 0.133. The Bertz CT molecular complexity index is 1420. The number of aliphatic hydroxyl groups excluding tert-OH is 1. The third kappa shape index (κ3) is 8.74. The third-order valence-electron chi connectivity index (χ3n) is 11.0. The molecule has 0 saturated carbocycles. The molecule has 0 bridgehead atoms.